The molecule has 2 heterocycles. The molecule has 0 aliphatic carbocycles. The number of hydrogen-bond acceptors (Lipinski definition) is 3. The highest BCUT2D eigenvalue weighted by molar-refractivity contribution is 5.97. The first kappa shape index (κ1) is 20.6. The molecule has 0 aliphatic rings. The van der Waals surface area contributed by atoms with Gasteiger partial charge in [-0.1, -0.05) is 31.7 Å². The average molecular weight is 401 g/mol. The average Bonchev–Trinajstić information content (AvgIpc) is 3.10. The third-order valence-corrected chi connectivity index (χ3v) is 4.73. The molecule has 152 valence electrons. The lowest BCUT2D eigenvalue weighted by Crippen LogP contribution is -2.15. The normalized spacial score (nSPS) is 11.6. The number of nitrogens with zero attached hydrogens (tertiary/aromatic N) is 2. The SMILES string of the molecule is C=Cc1cc(NCCC(F)(F)F)c2ncc(-c3ccc(C(=O)CC)c(C)c3)n2c1. The number of nitrogens with one attached hydrogen (secondary N) is 1. The van der Waals surface area contributed by atoms with Crippen molar-refractivity contribution in [2.45, 2.75) is 32.9 Å². The summed E-state index contributed by atoms with van der Waals surface area (Å²) in [4.78, 5) is 16.4. The molecule has 29 heavy (non-hydrogen) atoms. The number of anilines is 1. The van der Waals surface area contributed by atoms with E-state index in [4.69, 9.17) is 0 Å². The van der Waals surface area contributed by atoms with Crippen LogP contribution in [0.25, 0.3) is 23.0 Å². The lowest BCUT2D eigenvalue weighted by atomic mass is 9.99. The van der Waals surface area contributed by atoms with Gasteiger partial charge in [-0.15, -0.1) is 0 Å². The van der Waals surface area contributed by atoms with E-state index in [0.717, 1.165) is 22.4 Å². The number of Topliss-reactive ketones (excluding diaryl/α,β-unsaturated/α-hetero) is 1. The van der Waals surface area contributed by atoms with Crippen molar-refractivity contribution in [3.63, 3.8) is 0 Å². The smallest absolute Gasteiger partial charge is 0.382 e. The largest absolute Gasteiger partial charge is 0.390 e. The Labute approximate surface area is 167 Å². The van der Waals surface area contributed by atoms with Crippen LogP contribution in [0, 0.1) is 6.92 Å². The monoisotopic (exact) mass is 401 g/mol. The first-order chi connectivity index (χ1) is 13.7. The number of benzene rings is 1. The van der Waals surface area contributed by atoms with Gasteiger partial charge < -0.3 is 5.32 Å². The van der Waals surface area contributed by atoms with Crippen LogP contribution in [0.3, 0.4) is 0 Å². The van der Waals surface area contributed by atoms with E-state index in [1.807, 2.05) is 36.6 Å². The van der Waals surface area contributed by atoms with Gasteiger partial charge in [0.05, 0.1) is 24.0 Å². The van der Waals surface area contributed by atoms with Gasteiger partial charge in [0.2, 0.25) is 0 Å². The Balaban J connectivity index is 2.02. The second kappa shape index (κ2) is 8.11. The summed E-state index contributed by atoms with van der Waals surface area (Å²) in [7, 11) is 0. The zero-order chi connectivity index (χ0) is 21.2. The summed E-state index contributed by atoms with van der Waals surface area (Å²) in [5.41, 5.74) is 4.98. The number of hydrogen-bond donors (Lipinski definition) is 1. The highest BCUT2D eigenvalue weighted by atomic mass is 19.4. The van der Waals surface area contributed by atoms with Crippen molar-refractivity contribution in [2.75, 3.05) is 11.9 Å². The molecule has 0 saturated heterocycles. The maximum absolute atomic E-state index is 12.5. The standard InChI is InChI=1S/C22H22F3N3O/c1-4-15-11-18(26-9-8-22(23,24)25)21-27-12-19(28(21)13-15)16-6-7-17(14(3)10-16)20(29)5-2/h4,6-7,10-13,26H,1,5,8-9H2,2-3H3. The summed E-state index contributed by atoms with van der Waals surface area (Å²) < 4.78 is 39.3. The topological polar surface area (TPSA) is 46.4 Å². The summed E-state index contributed by atoms with van der Waals surface area (Å²) in [5.74, 6) is 0.0808. The van der Waals surface area contributed by atoms with E-state index < -0.39 is 12.6 Å². The summed E-state index contributed by atoms with van der Waals surface area (Å²) in [6.45, 7) is 7.23. The van der Waals surface area contributed by atoms with Crippen LogP contribution in [0.4, 0.5) is 18.9 Å². The number of ketones is 1. The number of carbonyl (C=O) groups is 1. The van der Waals surface area contributed by atoms with Crippen LogP contribution in [0.15, 0.2) is 43.2 Å². The predicted octanol–water partition coefficient (Wildman–Crippen LogP) is 5.91. The lowest BCUT2D eigenvalue weighted by molar-refractivity contribution is -0.131. The van der Waals surface area contributed by atoms with E-state index in [1.54, 1.807) is 24.4 Å². The van der Waals surface area contributed by atoms with Crippen molar-refractivity contribution in [3.05, 3.63) is 59.9 Å². The molecule has 0 unspecified atom stereocenters. The number of carbonyl (C=O) groups excluding carboxylic acids is 1. The predicted molar refractivity (Wildman–Crippen MR) is 109 cm³/mol. The molecule has 1 N–H and O–H groups in total. The second-order valence-electron chi connectivity index (χ2n) is 6.83. The zero-order valence-corrected chi connectivity index (χ0v) is 16.3. The van der Waals surface area contributed by atoms with Crippen molar-refractivity contribution in [1.82, 2.24) is 9.38 Å². The molecule has 7 heteroatoms. The molecule has 3 rings (SSSR count). The summed E-state index contributed by atoms with van der Waals surface area (Å²) >= 11 is 0. The van der Waals surface area contributed by atoms with Crippen molar-refractivity contribution < 1.29 is 18.0 Å². The number of halogens is 3. The summed E-state index contributed by atoms with van der Waals surface area (Å²) in [5, 5.41) is 2.83. The number of aryl methyl sites for hydroxylation is 1. The van der Waals surface area contributed by atoms with Crippen LogP contribution < -0.4 is 5.32 Å². The summed E-state index contributed by atoms with van der Waals surface area (Å²) in [6, 6.07) is 7.31. The maximum atomic E-state index is 12.5. The van der Waals surface area contributed by atoms with E-state index in [2.05, 4.69) is 16.9 Å². The van der Waals surface area contributed by atoms with Gasteiger partial charge >= 0.3 is 6.18 Å². The lowest BCUT2D eigenvalue weighted by Gasteiger charge is -2.12. The zero-order valence-electron chi connectivity index (χ0n) is 16.3. The van der Waals surface area contributed by atoms with Crippen LogP contribution in [0.2, 0.25) is 0 Å². The van der Waals surface area contributed by atoms with Crippen LogP contribution in [-0.4, -0.2) is 27.9 Å². The fourth-order valence-electron chi connectivity index (χ4n) is 3.23. The summed E-state index contributed by atoms with van der Waals surface area (Å²) in [6.07, 6.45) is 0.414. The fraction of sp³-hybridized carbons (Fsp3) is 0.273. The van der Waals surface area contributed by atoms with E-state index in [9.17, 15) is 18.0 Å². The Bertz CT molecular complexity index is 1070. The number of pyridine rings is 1. The molecular formula is C22H22F3N3O. The fourth-order valence-corrected chi connectivity index (χ4v) is 3.23. The van der Waals surface area contributed by atoms with Gasteiger partial charge in [-0.25, -0.2) is 4.98 Å². The quantitative estimate of drug-likeness (QED) is 0.501. The van der Waals surface area contributed by atoms with Crippen molar-refractivity contribution in [2.24, 2.45) is 0 Å². The minimum absolute atomic E-state index is 0.0808. The van der Waals surface area contributed by atoms with Gasteiger partial charge in [0.15, 0.2) is 11.4 Å². The Hall–Kier alpha value is -3.09. The van der Waals surface area contributed by atoms with E-state index in [1.165, 1.54) is 0 Å². The molecule has 0 bridgehead atoms. The molecule has 0 spiro atoms. The molecule has 1 aromatic carbocycles. The molecule has 0 aliphatic heterocycles. The molecule has 0 fully saturated rings. The van der Waals surface area contributed by atoms with Gasteiger partial charge in [-0.05, 0) is 30.2 Å². The third-order valence-electron chi connectivity index (χ3n) is 4.73. The van der Waals surface area contributed by atoms with Gasteiger partial charge in [0.25, 0.3) is 0 Å². The second-order valence-corrected chi connectivity index (χ2v) is 6.83. The van der Waals surface area contributed by atoms with E-state index >= 15 is 0 Å². The molecular weight excluding hydrogens is 379 g/mol. The molecule has 0 radical (unpaired) electrons. The highest BCUT2D eigenvalue weighted by Gasteiger charge is 2.26. The van der Waals surface area contributed by atoms with Gasteiger partial charge in [0, 0.05) is 30.3 Å². The molecule has 0 atom stereocenters. The Morgan fingerprint density at radius 1 is 1.31 bits per heavy atom. The Kier molecular flexibility index (Phi) is 5.77. The van der Waals surface area contributed by atoms with Gasteiger partial charge in [-0.3, -0.25) is 9.20 Å². The number of imidazole rings is 1. The van der Waals surface area contributed by atoms with Crippen LogP contribution in [0.5, 0.6) is 0 Å². The highest BCUT2D eigenvalue weighted by Crippen LogP contribution is 2.28. The first-order valence-corrected chi connectivity index (χ1v) is 9.32. The van der Waals surface area contributed by atoms with E-state index in [0.29, 0.717) is 23.3 Å². The maximum Gasteiger partial charge on any atom is 0.390 e. The Morgan fingerprint density at radius 2 is 2.07 bits per heavy atom. The van der Waals surface area contributed by atoms with Crippen molar-refractivity contribution >= 4 is 23.2 Å². The number of fused-ring (bicyclic) bond motifs is 1. The number of alkyl halides is 3. The van der Waals surface area contributed by atoms with Crippen LogP contribution in [-0.2, 0) is 0 Å². The molecule has 0 amide bonds. The minimum Gasteiger partial charge on any atom is -0.382 e. The van der Waals surface area contributed by atoms with Crippen LogP contribution >= 0.6 is 0 Å². The molecule has 2 aromatic heterocycles. The number of aromatic nitrogens is 2. The van der Waals surface area contributed by atoms with Crippen LogP contribution in [0.1, 0.15) is 41.3 Å². The first-order valence-electron chi connectivity index (χ1n) is 9.32. The molecule has 4 nitrogen and oxygen atoms in total. The molecule has 3 aromatic rings. The van der Waals surface area contributed by atoms with Crippen molar-refractivity contribution in [3.8, 4) is 11.3 Å². The van der Waals surface area contributed by atoms with Gasteiger partial charge in [0.1, 0.15) is 0 Å². The Morgan fingerprint density at radius 3 is 2.69 bits per heavy atom. The number of rotatable bonds is 7. The van der Waals surface area contributed by atoms with Gasteiger partial charge in [-0.2, -0.15) is 13.2 Å². The van der Waals surface area contributed by atoms with Crippen molar-refractivity contribution in [1.29, 1.82) is 0 Å². The third kappa shape index (κ3) is 4.50. The van der Waals surface area contributed by atoms with E-state index in [-0.39, 0.29) is 12.3 Å². The molecule has 0 saturated carbocycles. The minimum atomic E-state index is -4.23.